The number of fused-ring (bicyclic) bond motifs is 2. The number of hydrogen-bond donors (Lipinski definition) is 3. The zero-order chi connectivity index (χ0) is 25.5. The maximum Gasteiger partial charge on any atom is 0.264 e. The van der Waals surface area contributed by atoms with Gasteiger partial charge >= 0.3 is 0 Å². The molecule has 3 N–H and O–H groups in total. The third kappa shape index (κ3) is 3.78. The highest BCUT2D eigenvalue weighted by Crippen LogP contribution is 2.36. The first-order valence-electron chi connectivity index (χ1n) is 11.7. The molecule has 0 bridgehead atoms. The van der Waals surface area contributed by atoms with Gasteiger partial charge in [0.1, 0.15) is 23.2 Å². The molecular formula is C28H21ClN6O2. The summed E-state index contributed by atoms with van der Waals surface area (Å²) in [5, 5.41) is 5.22. The topological polar surface area (TPSA) is 108 Å². The van der Waals surface area contributed by atoms with Gasteiger partial charge in [-0.3, -0.25) is 14.2 Å². The number of nitrogens with one attached hydrogen (secondary N) is 3. The van der Waals surface area contributed by atoms with Crippen LogP contribution in [0.5, 0.6) is 0 Å². The van der Waals surface area contributed by atoms with Crippen LogP contribution in [0.3, 0.4) is 0 Å². The van der Waals surface area contributed by atoms with Gasteiger partial charge in [-0.15, -0.1) is 0 Å². The number of rotatable bonds is 5. The molecule has 0 unspecified atom stereocenters. The molecule has 6 rings (SSSR count). The van der Waals surface area contributed by atoms with Crippen molar-refractivity contribution in [3.05, 3.63) is 117 Å². The number of halogens is 1. The first kappa shape index (κ1) is 22.8. The summed E-state index contributed by atoms with van der Waals surface area (Å²) in [6.07, 6.45) is 4.74. The number of H-pyrrole nitrogens is 2. The molecule has 0 aliphatic rings. The number of nitrogens with zero attached hydrogens (tertiary/aromatic N) is 3. The van der Waals surface area contributed by atoms with Gasteiger partial charge in [-0.05, 0) is 31.2 Å². The molecule has 0 saturated carbocycles. The molecule has 182 valence electrons. The molecule has 8 nitrogen and oxygen atoms in total. The lowest BCUT2D eigenvalue weighted by Crippen LogP contribution is -2.27. The molecule has 0 spiro atoms. The molecular weight excluding hydrogens is 488 g/mol. The van der Waals surface area contributed by atoms with Crippen LogP contribution in [0, 0.1) is 0 Å². The highest BCUT2D eigenvalue weighted by molar-refractivity contribution is 6.36. The van der Waals surface area contributed by atoms with E-state index in [-0.39, 0.29) is 11.0 Å². The lowest BCUT2D eigenvalue weighted by molar-refractivity contribution is 0.774. The normalized spacial score (nSPS) is 12.2. The number of benzene rings is 2. The summed E-state index contributed by atoms with van der Waals surface area (Å²) in [5.74, 6) is 0.350. The van der Waals surface area contributed by atoms with Crippen molar-refractivity contribution in [1.29, 1.82) is 0 Å². The number of aromatic amines is 2. The van der Waals surface area contributed by atoms with Gasteiger partial charge in [0.25, 0.3) is 5.56 Å². The van der Waals surface area contributed by atoms with Gasteiger partial charge < -0.3 is 15.3 Å². The smallest absolute Gasteiger partial charge is 0.264 e. The fraction of sp³-hybridized carbons (Fsp3) is 0.0714. The van der Waals surface area contributed by atoms with E-state index in [4.69, 9.17) is 11.6 Å². The fourth-order valence-electron chi connectivity index (χ4n) is 4.75. The minimum atomic E-state index is -0.503. The van der Waals surface area contributed by atoms with Crippen molar-refractivity contribution in [3.8, 4) is 16.9 Å². The van der Waals surface area contributed by atoms with E-state index in [9.17, 15) is 9.59 Å². The Morgan fingerprint density at radius 1 is 0.892 bits per heavy atom. The van der Waals surface area contributed by atoms with Crippen molar-refractivity contribution in [2.45, 2.75) is 13.0 Å². The van der Waals surface area contributed by atoms with Gasteiger partial charge in [0.2, 0.25) is 0 Å². The van der Waals surface area contributed by atoms with E-state index in [1.54, 1.807) is 10.8 Å². The van der Waals surface area contributed by atoms with Crippen molar-refractivity contribution >= 4 is 39.2 Å². The lowest BCUT2D eigenvalue weighted by atomic mass is 10.0. The Bertz CT molecular complexity index is 1870. The van der Waals surface area contributed by atoms with E-state index < -0.39 is 6.04 Å². The van der Waals surface area contributed by atoms with Gasteiger partial charge in [0.05, 0.1) is 22.1 Å². The average Bonchev–Trinajstić information content (AvgIpc) is 3.46. The van der Waals surface area contributed by atoms with Gasteiger partial charge in [0, 0.05) is 40.8 Å². The van der Waals surface area contributed by atoms with Crippen LogP contribution in [0.15, 0.2) is 95.0 Å². The van der Waals surface area contributed by atoms with Crippen molar-refractivity contribution in [2.24, 2.45) is 0 Å². The molecule has 0 fully saturated rings. The molecule has 0 amide bonds. The van der Waals surface area contributed by atoms with E-state index >= 15 is 0 Å². The van der Waals surface area contributed by atoms with E-state index in [0.717, 1.165) is 11.3 Å². The average molecular weight is 509 g/mol. The van der Waals surface area contributed by atoms with Crippen molar-refractivity contribution in [1.82, 2.24) is 24.5 Å². The molecule has 1 atom stereocenters. The first-order chi connectivity index (χ1) is 18.0. The first-order valence-corrected chi connectivity index (χ1v) is 12.1. The minimum Gasteiger partial charge on any atom is -0.361 e. The Hall–Kier alpha value is -4.69. The highest BCUT2D eigenvalue weighted by atomic mass is 35.5. The summed E-state index contributed by atoms with van der Waals surface area (Å²) in [6, 6.07) is 19.7. The van der Waals surface area contributed by atoms with Gasteiger partial charge in [-0.25, -0.2) is 9.97 Å². The summed E-state index contributed by atoms with van der Waals surface area (Å²) in [5.41, 5.74) is 2.80. The molecule has 4 heterocycles. The van der Waals surface area contributed by atoms with E-state index in [1.165, 1.54) is 12.4 Å². The Balaban J connectivity index is 1.62. The number of hydrogen-bond acceptors (Lipinski definition) is 5. The van der Waals surface area contributed by atoms with Crippen LogP contribution in [0.4, 0.5) is 5.82 Å². The van der Waals surface area contributed by atoms with Crippen molar-refractivity contribution in [3.63, 3.8) is 0 Å². The van der Waals surface area contributed by atoms with Crippen molar-refractivity contribution < 1.29 is 0 Å². The standard InChI is InChI=1S/C28H21ClN6O2/c1-16(34-27-23-21(36)12-14-31-26(23)32-15-33-27)25-24(29)19-10-5-9-18(20-11-6-13-30-20)22(19)28(37)35(25)17-7-3-2-4-8-17/h2-16,30H,1H3,(H2,31,32,33,34,36)/t16-/m0/s1. The molecule has 2 aromatic carbocycles. The summed E-state index contributed by atoms with van der Waals surface area (Å²) in [4.78, 5) is 41.5. The maximum atomic E-state index is 14.2. The Morgan fingerprint density at radius 2 is 1.73 bits per heavy atom. The molecule has 0 aliphatic heterocycles. The number of para-hydroxylation sites is 1. The zero-order valence-corrected chi connectivity index (χ0v) is 20.5. The Labute approximate surface area is 215 Å². The second-order valence-electron chi connectivity index (χ2n) is 8.64. The SMILES string of the molecule is C[C@H](Nc1ncnc2[nH]ccc(=O)c12)c1c(Cl)c2cccc(-c3ccc[nH]3)c2c(=O)n1-c1ccccc1. The highest BCUT2D eigenvalue weighted by Gasteiger charge is 2.24. The maximum absolute atomic E-state index is 14.2. The monoisotopic (exact) mass is 508 g/mol. The number of aromatic nitrogens is 5. The summed E-state index contributed by atoms with van der Waals surface area (Å²) < 4.78 is 1.63. The third-order valence-corrected chi connectivity index (χ3v) is 6.80. The second kappa shape index (κ2) is 9.07. The summed E-state index contributed by atoms with van der Waals surface area (Å²) >= 11 is 7.10. The molecule has 0 saturated heterocycles. The van der Waals surface area contributed by atoms with Crippen LogP contribution in [0.2, 0.25) is 5.02 Å². The largest absolute Gasteiger partial charge is 0.361 e. The fourth-order valence-corrected chi connectivity index (χ4v) is 5.16. The molecule has 9 heteroatoms. The molecule has 4 aromatic heterocycles. The van der Waals surface area contributed by atoms with Gasteiger partial charge in [0.15, 0.2) is 5.43 Å². The Morgan fingerprint density at radius 3 is 2.51 bits per heavy atom. The molecule has 0 aliphatic carbocycles. The predicted octanol–water partition coefficient (Wildman–Crippen LogP) is 5.44. The molecule has 0 radical (unpaired) electrons. The Kier molecular flexibility index (Phi) is 5.58. The van der Waals surface area contributed by atoms with Crippen LogP contribution >= 0.6 is 11.6 Å². The van der Waals surface area contributed by atoms with Crippen LogP contribution in [-0.4, -0.2) is 24.5 Å². The predicted molar refractivity (Wildman–Crippen MR) is 147 cm³/mol. The van der Waals surface area contributed by atoms with Crippen LogP contribution < -0.4 is 16.3 Å². The zero-order valence-electron chi connectivity index (χ0n) is 19.7. The second-order valence-corrected chi connectivity index (χ2v) is 9.02. The van der Waals surface area contributed by atoms with Gasteiger partial charge in [-0.2, -0.15) is 0 Å². The number of anilines is 1. The lowest BCUT2D eigenvalue weighted by Gasteiger charge is -2.24. The van der Waals surface area contributed by atoms with Gasteiger partial charge in [-0.1, -0.05) is 48.0 Å². The number of pyridine rings is 2. The van der Waals surface area contributed by atoms with Crippen molar-refractivity contribution in [2.75, 3.05) is 5.32 Å². The van der Waals surface area contributed by atoms with Crippen LogP contribution in [0.1, 0.15) is 18.7 Å². The third-order valence-electron chi connectivity index (χ3n) is 6.40. The van der Waals surface area contributed by atoms with Crippen LogP contribution in [0.25, 0.3) is 38.8 Å². The van der Waals surface area contributed by atoms with Crippen LogP contribution in [-0.2, 0) is 0 Å². The quantitative estimate of drug-likeness (QED) is 0.287. The minimum absolute atomic E-state index is 0.204. The molecule has 37 heavy (non-hydrogen) atoms. The summed E-state index contributed by atoms with van der Waals surface area (Å²) in [7, 11) is 0. The summed E-state index contributed by atoms with van der Waals surface area (Å²) in [6.45, 7) is 1.88. The van der Waals surface area contributed by atoms with E-state index in [0.29, 0.717) is 44.0 Å². The van der Waals surface area contributed by atoms with E-state index in [2.05, 4.69) is 25.3 Å². The van der Waals surface area contributed by atoms with E-state index in [1.807, 2.05) is 73.8 Å². The molecule has 6 aromatic rings.